The van der Waals surface area contributed by atoms with Crippen molar-refractivity contribution in [3.63, 3.8) is 0 Å². The maximum absolute atomic E-state index is 12.3. The van der Waals surface area contributed by atoms with Crippen molar-refractivity contribution in [2.24, 2.45) is 7.05 Å². The molecule has 0 unspecified atom stereocenters. The van der Waals surface area contributed by atoms with Crippen molar-refractivity contribution >= 4 is 37.8 Å². The van der Waals surface area contributed by atoms with E-state index in [2.05, 4.69) is 42.3 Å². The van der Waals surface area contributed by atoms with Gasteiger partial charge in [0.05, 0.1) is 9.09 Å². The highest BCUT2D eigenvalue weighted by Crippen LogP contribution is 2.16. The third kappa shape index (κ3) is 5.49. The number of ether oxygens (including phenoxy) is 1. The average molecular weight is 457 g/mol. The SMILES string of the molecule is CCc1cc(C(=O)NCc2cccc(OCC=C(Br)Br)c2)n(C)n1. The summed E-state index contributed by atoms with van der Waals surface area (Å²) in [5.74, 6) is 0.621. The van der Waals surface area contributed by atoms with Gasteiger partial charge in [-0.05, 0) is 68.1 Å². The first kappa shape index (κ1) is 18.7. The molecule has 2 rings (SSSR count). The smallest absolute Gasteiger partial charge is 0.269 e. The molecule has 24 heavy (non-hydrogen) atoms. The zero-order chi connectivity index (χ0) is 17.5. The van der Waals surface area contributed by atoms with E-state index in [-0.39, 0.29) is 5.91 Å². The molecule has 1 aromatic heterocycles. The lowest BCUT2D eigenvalue weighted by molar-refractivity contribution is 0.0941. The molecular formula is C17H19Br2N3O2. The molecule has 0 atom stereocenters. The molecule has 1 N–H and O–H groups in total. The molecule has 2 aromatic rings. The van der Waals surface area contributed by atoms with Crippen molar-refractivity contribution in [2.75, 3.05) is 6.61 Å². The van der Waals surface area contributed by atoms with Gasteiger partial charge in [0.2, 0.25) is 0 Å². The Morgan fingerprint density at radius 2 is 2.17 bits per heavy atom. The number of benzene rings is 1. The largest absolute Gasteiger partial charge is 0.489 e. The van der Waals surface area contributed by atoms with E-state index in [1.54, 1.807) is 11.7 Å². The van der Waals surface area contributed by atoms with Crippen LogP contribution in [-0.4, -0.2) is 22.3 Å². The molecule has 0 bridgehead atoms. The standard InChI is InChI=1S/C17H19Br2N3O2/c1-3-13-10-15(22(2)21-13)17(23)20-11-12-5-4-6-14(9-12)24-8-7-16(18)19/h4-7,9-10H,3,8,11H2,1-2H3,(H,20,23). The molecule has 7 heteroatoms. The predicted molar refractivity (Wildman–Crippen MR) is 102 cm³/mol. The van der Waals surface area contributed by atoms with Gasteiger partial charge in [-0.1, -0.05) is 19.1 Å². The molecule has 5 nitrogen and oxygen atoms in total. The first-order valence-corrected chi connectivity index (χ1v) is 9.12. The van der Waals surface area contributed by atoms with E-state index in [1.807, 2.05) is 43.3 Å². The minimum atomic E-state index is -0.137. The first-order chi connectivity index (χ1) is 11.5. The van der Waals surface area contributed by atoms with Crippen LogP contribution < -0.4 is 10.1 Å². The monoisotopic (exact) mass is 455 g/mol. The lowest BCUT2D eigenvalue weighted by atomic mass is 10.2. The minimum absolute atomic E-state index is 0.137. The number of nitrogens with zero attached hydrogens (tertiary/aromatic N) is 2. The summed E-state index contributed by atoms with van der Waals surface area (Å²) in [6, 6.07) is 9.47. The number of nitrogens with one attached hydrogen (secondary N) is 1. The Bertz CT molecular complexity index is 737. The lowest BCUT2D eigenvalue weighted by Gasteiger charge is -2.08. The molecule has 0 aliphatic heterocycles. The third-order valence-electron chi connectivity index (χ3n) is 3.36. The van der Waals surface area contributed by atoms with Gasteiger partial charge >= 0.3 is 0 Å². The van der Waals surface area contributed by atoms with E-state index in [1.165, 1.54) is 0 Å². The number of carbonyl (C=O) groups is 1. The van der Waals surface area contributed by atoms with Crippen LogP contribution in [0.1, 0.15) is 28.7 Å². The van der Waals surface area contributed by atoms with Gasteiger partial charge in [0.1, 0.15) is 18.1 Å². The minimum Gasteiger partial charge on any atom is -0.489 e. The summed E-state index contributed by atoms with van der Waals surface area (Å²) in [5, 5.41) is 7.20. The topological polar surface area (TPSA) is 56.1 Å². The Balaban J connectivity index is 1.95. The van der Waals surface area contributed by atoms with Gasteiger partial charge < -0.3 is 10.1 Å². The van der Waals surface area contributed by atoms with Crippen LogP contribution in [0.3, 0.4) is 0 Å². The van der Waals surface area contributed by atoms with Gasteiger partial charge in [-0.25, -0.2) is 0 Å². The van der Waals surface area contributed by atoms with Crippen LogP contribution >= 0.6 is 31.9 Å². The fraction of sp³-hybridized carbons (Fsp3) is 0.294. The normalized spacial score (nSPS) is 10.3. The van der Waals surface area contributed by atoms with Gasteiger partial charge in [-0.15, -0.1) is 0 Å². The highest BCUT2D eigenvalue weighted by molar-refractivity contribution is 9.28. The quantitative estimate of drug-likeness (QED) is 0.686. The van der Waals surface area contributed by atoms with Crippen LogP contribution in [0.2, 0.25) is 0 Å². The van der Waals surface area contributed by atoms with Gasteiger partial charge in [0.25, 0.3) is 5.91 Å². The van der Waals surface area contributed by atoms with Gasteiger partial charge in [-0.3, -0.25) is 9.48 Å². The molecule has 1 heterocycles. The summed E-state index contributed by atoms with van der Waals surface area (Å²) in [5.41, 5.74) is 2.44. The van der Waals surface area contributed by atoms with Crippen LogP contribution in [0.4, 0.5) is 0 Å². The summed E-state index contributed by atoms with van der Waals surface area (Å²) < 4.78 is 8.08. The highest BCUT2D eigenvalue weighted by Gasteiger charge is 2.12. The van der Waals surface area contributed by atoms with E-state index in [0.717, 1.165) is 26.8 Å². The Morgan fingerprint density at radius 3 is 2.83 bits per heavy atom. The summed E-state index contributed by atoms with van der Waals surface area (Å²) in [6.45, 7) is 2.90. The van der Waals surface area contributed by atoms with Gasteiger partial charge in [0.15, 0.2) is 0 Å². The third-order valence-corrected chi connectivity index (χ3v) is 4.01. The maximum atomic E-state index is 12.3. The van der Waals surface area contributed by atoms with E-state index in [4.69, 9.17) is 4.74 Å². The van der Waals surface area contributed by atoms with Crippen molar-refractivity contribution in [3.8, 4) is 5.75 Å². The second-order valence-electron chi connectivity index (χ2n) is 5.13. The zero-order valence-electron chi connectivity index (χ0n) is 13.6. The molecule has 1 amide bonds. The molecule has 0 aliphatic rings. The number of carbonyl (C=O) groups excluding carboxylic acids is 1. The number of halogens is 2. The average Bonchev–Trinajstić information content (AvgIpc) is 2.94. The van der Waals surface area contributed by atoms with Crippen molar-refractivity contribution in [2.45, 2.75) is 19.9 Å². The van der Waals surface area contributed by atoms with Crippen molar-refractivity contribution in [3.05, 3.63) is 56.8 Å². The molecule has 0 fully saturated rings. The second-order valence-corrected chi connectivity index (χ2v) is 7.91. The fourth-order valence-electron chi connectivity index (χ4n) is 2.13. The molecule has 1 aromatic carbocycles. The van der Waals surface area contributed by atoms with Crippen LogP contribution in [0.5, 0.6) is 5.75 Å². The molecule has 0 radical (unpaired) electrons. The Hall–Kier alpha value is -1.60. The zero-order valence-corrected chi connectivity index (χ0v) is 16.7. The van der Waals surface area contributed by atoms with Crippen LogP contribution in [0, 0.1) is 0 Å². The number of aromatic nitrogens is 2. The Labute approximate surface area is 158 Å². The summed E-state index contributed by atoms with van der Waals surface area (Å²) in [7, 11) is 1.78. The molecule has 0 aliphatic carbocycles. The fourth-order valence-corrected chi connectivity index (χ4v) is 2.40. The van der Waals surface area contributed by atoms with Crippen molar-refractivity contribution < 1.29 is 9.53 Å². The van der Waals surface area contributed by atoms with Crippen LogP contribution in [0.15, 0.2) is 39.8 Å². The van der Waals surface area contributed by atoms with E-state index >= 15 is 0 Å². The summed E-state index contributed by atoms with van der Waals surface area (Å²) >= 11 is 6.56. The number of hydrogen-bond donors (Lipinski definition) is 1. The molecule has 0 saturated heterocycles. The maximum Gasteiger partial charge on any atom is 0.269 e. The Kier molecular flexibility index (Phi) is 7.05. The molecule has 128 valence electrons. The number of hydrogen-bond acceptors (Lipinski definition) is 3. The second kappa shape index (κ2) is 9.03. The van der Waals surface area contributed by atoms with Crippen molar-refractivity contribution in [1.29, 1.82) is 0 Å². The number of rotatable bonds is 7. The van der Waals surface area contributed by atoms with E-state index < -0.39 is 0 Å². The molecule has 0 spiro atoms. The highest BCUT2D eigenvalue weighted by atomic mass is 79.9. The Morgan fingerprint density at radius 1 is 1.38 bits per heavy atom. The summed E-state index contributed by atoms with van der Waals surface area (Å²) in [6.07, 6.45) is 2.67. The summed E-state index contributed by atoms with van der Waals surface area (Å²) in [4.78, 5) is 12.3. The predicted octanol–water partition coefficient (Wildman–Crippen LogP) is 3.92. The molecular weight excluding hydrogens is 438 g/mol. The number of amides is 1. The van der Waals surface area contributed by atoms with Crippen molar-refractivity contribution in [1.82, 2.24) is 15.1 Å². The molecule has 0 saturated carbocycles. The van der Waals surface area contributed by atoms with Crippen LogP contribution in [-0.2, 0) is 20.0 Å². The lowest BCUT2D eigenvalue weighted by Crippen LogP contribution is -2.25. The van der Waals surface area contributed by atoms with Gasteiger partial charge in [-0.2, -0.15) is 5.10 Å². The number of aryl methyl sites for hydroxylation is 2. The van der Waals surface area contributed by atoms with Gasteiger partial charge in [0, 0.05) is 13.6 Å². The first-order valence-electron chi connectivity index (χ1n) is 7.53. The van der Waals surface area contributed by atoms with E-state index in [0.29, 0.717) is 18.8 Å². The van der Waals surface area contributed by atoms with Crippen LogP contribution in [0.25, 0.3) is 0 Å². The van der Waals surface area contributed by atoms with E-state index in [9.17, 15) is 4.79 Å².